The number of carbonyl (C=O) groups excluding carboxylic acids is 1. The van der Waals surface area contributed by atoms with E-state index in [1.807, 2.05) is 22.6 Å². The van der Waals surface area contributed by atoms with Crippen molar-refractivity contribution < 1.29 is 33.3 Å². The standard InChI is InChI=1S/C13H13F2IO5/c1-6(2)10(13(14,15)12(19)20)21-11(18)7-3-4-8(16)9(17)5-7/h3-6,10,17H,1-2H3,(H,19,20). The molecule has 1 aromatic carbocycles. The van der Waals surface area contributed by atoms with Gasteiger partial charge in [-0.25, -0.2) is 9.59 Å². The molecule has 0 aliphatic rings. The molecular formula is C13H13F2IO5. The fourth-order valence-corrected chi connectivity index (χ4v) is 1.91. The summed E-state index contributed by atoms with van der Waals surface area (Å²) in [6, 6.07) is 3.77. The van der Waals surface area contributed by atoms with Crippen molar-refractivity contribution in [1.82, 2.24) is 0 Å². The highest BCUT2D eigenvalue weighted by Gasteiger charge is 2.51. The zero-order valence-corrected chi connectivity index (χ0v) is 13.3. The van der Waals surface area contributed by atoms with Gasteiger partial charge in [-0.1, -0.05) is 13.8 Å². The Hall–Kier alpha value is -1.45. The smallest absolute Gasteiger partial charge is 0.378 e. The van der Waals surface area contributed by atoms with Gasteiger partial charge in [0.05, 0.1) is 9.13 Å². The van der Waals surface area contributed by atoms with E-state index >= 15 is 0 Å². The van der Waals surface area contributed by atoms with Crippen LogP contribution < -0.4 is 0 Å². The van der Waals surface area contributed by atoms with Crippen LogP contribution in [0.5, 0.6) is 5.75 Å². The number of ether oxygens (including phenoxy) is 1. The molecule has 0 bridgehead atoms. The summed E-state index contributed by atoms with van der Waals surface area (Å²) in [6.07, 6.45) is -2.11. The lowest BCUT2D eigenvalue weighted by Crippen LogP contribution is -2.47. The van der Waals surface area contributed by atoms with E-state index in [1.165, 1.54) is 26.0 Å². The summed E-state index contributed by atoms with van der Waals surface area (Å²) in [5.41, 5.74) is -0.139. The molecule has 0 radical (unpaired) electrons. The molecule has 0 saturated carbocycles. The fraction of sp³-hybridized carbons (Fsp3) is 0.385. The number of carboxylic acids is 1. The molecule has 116 valence electrons. The van der Waals surface area contributed by atoms with E-state index < -0.39 is 29.9 Å². The molecule has 1 atom stereocenters. The molecule has 1 rings (SSSR count). The molecule has 0 aromatic heterocycles. The van der Waals surface area contributed by atoms with Crippen molar-refractivity contribution >= 4 is 34.5 Å². The number of phenolic OH excluding ortho intramolecular Hbond substituents is 1. The lowest BCUT2D eigenvalue weighted by Gasteiger charge is -2.26. The molecular weight excluding hydrogens is 401 g/mol. The summed E-state index contributed by atoms with van der Waals surface area (Å²) in [5.74, 6) is -8.79. The summed E-state index contributed by atoms with van der Waals surface area (Å²) in [5, 5.41) is 18.0. The monoisotopic (exact) mass is 414 g/mol. The highest BCUT2D eigenvalue weighted by molar-refractivity contribution is 14.1. The van der Waals surface area contributed by atoms with Gasteiger partial charge in [0.25, 0.3) is 0 Å². The summed E-state index contributed by atoms with van der Waals surface area (Å²) < 4.78 is 32.2. The van der Waals surface area contributed by atoms with Crippen LogP contribution in [-0.2, 0) is 9.53 Å². The topological polar surface area (TPSA) is 83.8 Å². The maximum absolute atomic E-state index is 13.6. The molecule has 8 heteroatoms. The van der Waals surface area contributed by atoms with Gasteiger partial charge in [-0.15, -0.1) is 0 Å². The second kappa shape index (κ2) is 6.54. The number of benzene rings is 1. The average molecular weight is 414 g/mol. The van der Waals surface area contributed by atoms with Crippen molar-refractivity contribution in [3.63, 3.8) is 0 Å². The Kier molecular flexibility index (Phi) is 5.48. The largest absolute Gasteiger partial charge is 0.507 e. The minimum atomic E-state index is -4.20. The SMILES string of the molecule is CC(C)C(OC(=O)c1ccc(I)c(O)c1)C(F)(F)C(=O)O. The van der Waals surface area contributed by atoms with Crippen molar-refractivity contribution in [1.29, 1.82) is 0 Å². The number of hydrogen-bond acceptors (Lipinski definition) is 4. The molecule has 0 heterocycles. The maximum Gasteiger partial charge on any atom is 0.378 e. The average Bonchev–Trinajstić information content (AvgIpc) is 2.38. The van der Waals surface area contributed by atoms with Crippen molar-refractivity contribution in [2.75, 3.05) is 0 Å². The summed E-state index contributed by atoms with van der Waals surface area (Å²) in [7, 11) is 0. The zero-order chi connectivity index (χ0) is 16.4. The Morgan fingerprint density at radius 3 is 2.33 bits per heavy atom. The Balaban J connectivity index is 3.02. The van der Waals surface area contributed by atoms with Crippen molar-refractivity contribution in [3.8, 4) is 5.75 Å². The van der Waals surface area contributed by atoms with Crippen LogP contribution in [0.25, 0.3) is 0 Å². The number of hydrogen-bond donors (Lipinski definition) is 2. The van der Waals surface area contributed by atoms with Crippen LogP contribution in [0.1, 0.15) is 24.2 Å². The van der Waals surface area contributed by atoms with Crippen LogP contribution in [0.4, 0.5) is 8.78 Å². The van der Waals surface area contributed by atoms with E-state index in [-0.39, 0.29) is 11.3 Å². The third kappa shape index (κ3) is 4.02. The molecule has 0 aliphatic heterocycles. The quantitative estimate of drug-likeness (QED) is 0.572. The van der Waals surface area contributed by atoms with Gasteiger partial charge in [0.2, 0.25) is 0 Å². The number of carboxylic acid groups (broad SMARTS) is 1. The van der Waals surface area contributed by atoms with Crippen molar-refractivity contribution in [3.05, 3.63) is 27.3 Å². The first-order valence-corrected chi connectivity index (χ1v) is 6.96. The predicted molar refractivity (Wildman–Crippen MR) is 77.4 cm³/mol. The first kappa shape index (κ1) is 17.6. The number of halogens is 3. The van der Waals surface area contributed by atoms with Crippen LogP contribution in [0.3, 0.4) is 0 Å². The van der Waals surface area contributed by atoms with Crippen LogP contribution in [0, 0.1) is 9.49 Å². The Bertz CT molecular complexity index is 559. The summed E-state index contributed by atoms with van der Waals surface area (Å²) >= 11 is 1.82. The minimum Gasteiger partial charge on any atom is -0.507 e. The van der Waals surface area contributed by atoms with E-state index in [1.54, 1.807) is 0 Å². The van der Waals surface area contributed by atoms with Gasteiger partial charge in [0, 0.05) is 0 Å². The molecule has 21 heavy (non-hydrogen) atoms. The summed E-state index contributed by atoms with van der Waals surface area (Å²) in [6.45, 7) is 2.64. The normalized spacial score (nSPS) is 13.0. The van der Waals surface area contributed by atoms with Crippen molar-refractivity contribution in [2.45, 2.75) is 25.9 Å². The fourth-order valence-electron chi connectivity index (χ4n) is 1.57. The van der Waals surface area contributed by atoms with Crippen LogP contribution in [0.2, 0.25) is 0 Å². The van der Waals surface area contributed by atoms with Gasteiger partial charge in [-0.05, 0) is 46.7 Å². The molecule has 0 spiro atoms. The highest BCUT2D eigenvalue weighted by Crippen LogP contribution is 2.29. The Morgan fingerprint density at radius 1 is 1.33 bits per heavy atom. The van der Waals surface area contributed by atoms with E-state index in [2.05, 4.69) is 4.74 Å². The number of alkyl halides is 2. The Labute approximate surface area is 133 Å². The molecule has 0 amide bonds. The number of aliphatic carboxylic acids is 1. The van der Waals surface area contributed by atoms with E-state index in [4.69, 9.17) is 5.11 Å². The van der Waals surface area contributed by atoms with Gasteiger partial charge in [-0.2, -0.15) is 8.78 Å². The third-order valence-corrected chi connectivity index (χ3v) is 3.58. The van der Waals surface area contributed by atoms with Crippen LogP contribution in [0.15, 0.2) is 18.2 Å². The van der Waals surface area contributed by atoms with Crippen molar-refractivity contribution in [2.24, 2.45) is 5.92 Å². The lowest BCUT2D eigenvalue weighted by molar-refractivity contribution is -0.187. The number of carbonyl (C=O) groups is 2. The van der Waals surface area contributed by atoms with Crippen LogP contribution >= 0.6 is 22.6 Å². The highest BCUT2D eigenvalue weighted by atomic mass is 127. The van der Waals surface area contributed by atoms with Gasteiger partial charge < -0.3 is 14.9 Å². The van der Waals surface area contributed by atoms with Gasteiger partial charge >= 0.3 is 17.9 Å². The molecule has 2 N–H and O–H groups in total. The molecule has 0 fully saturated rings. The summed E-state index contributed by atoms with van der Waals surface area (Å²) in [4.78, 5) is 22.4. The number of esters is 1. The van der Waals surface area contributed by atoms with E-state index in [9.17, 15) is 23.5 Å². The first-order chi connectivity index (χ1) is 9.57. The van der Waals surface area contributed by atoms with Gasteiger partial charge in [-0.3, -0.25) is 0 Å². The second-order valence-electron chi connectivity index (χ2n) is 4.66. The molecule has 1 unspecified atom stereocenters. The molecule has 0 saturated heterocycles. The van der Waals surface area contributed by atoms with E-state index in [0.717, 1.165) is 6.07 Å². The second-order valence-corrected chi connectivity index (χ2v) is 5.83. The first-order valence-electron chi connectivity index (χ1n) is 5.88. The molecule has 1 aromatic rings. The van der Waals surface area contributed by atoms with Gasteiger partial charge in [0.1, 0.15) is 5.75 Å². The number of rotatable bonds is 5. The molecule has 0 aliphatic carbocycles. The third-order valence-electron chi connectivity index (χ3n) is 2.66. The minimum absolute atomic E-state index is 0.139. The van der Waals surface area contributed by atoms with Crippen LogP contribution in [-0.4, -0.2) is 34.2 Å². The molecule has 5 nitrogen and oxygen atoms in total. The zero-order valence-electron chi connectivity index (χ0n) is 11.1. The van der Waals surface area contributed by atoms with E-state index in [0.29, 0.717) is 3.57 Å². The Morgan fingerprint density at radius 2 is 1.90 bits per heavy atom. The van der Waals surface area contributed by atoms with Gasteiger partial charge in [0.15, 0.2) is 6.10 Å². The number of aromatic hydroxyl groups is 1. The maximum atomic E-state index is 13.6. The number of phenols is 1. The lowest BCUT2D eigenvalue weighted by atomic mass is 10.0. The predicted octanol–water partition coefficient (Wildman–Crippen LogP) is 2.90.